The van der Waals surface area contributed by atoms with Gasteiger partial charge in [-0.25, -0.2) is 0 Å². The third-order valence-corrected chi connectivity index (χ3v) is 5.98. The third-order valence-electron chi connectivity index (χ3n) is 5.55. The van der Waals surface area contributed by atoms with E-state index in [0.29, 0.717) is 33.8 Å². The molecule has 4 nitrogen and oxygen atoms in total. The molecule has 0 saturated heterocycles. The van der Waals surface area contributed by atoms with Crippen molar-refractivity contribution in [2.24, 2.45) is 0 Å². The molecule has 0 bridgehead atoms. The molecule has 32 heavy (non-hydrogen) atoms. The minimum absolute atomic E-state index is 0.0260. The molecular weight excluding hydrogens is 443 g/mol. The van der Waals surface area contributed by atoms with Gasteiger partial charge < -0.3 is 14.8 Å². The number of allylic oxidation sites excluding steroid dienone is 2. The molecule has 0 saturated carbocycles. The van der Waals surface area contributed by atoms with Crippen LogP contribution in [-0.2, 0) is 24.0 Å². The number of carboxylic acid groups (broad SMARTS) is 1. The van der Waals surface area contributed by atoms with Gasteiger partial charge in [-0.2, -0.15) is 13.2 Å². The number of benzene rings is 2. The van der Waals surface area contributed by atoms with E-state index in [-0.39, 0.29) is 25.0 Å². The number of nitrogens with one attached hydrogen (secondary N) is 1. The quantitative estimate of drug-likeness (QED) is 0.396. The second-order valence-electron chi connectivity index (χ2n) is 7.81. The van der Waals surface area contributed by atoms with Crippen molar-refractivity contribution in [1.82, 2.24) is 4.98 Å². The van der Waals surface area contributed by atoms with E-state index in [1.807, 2.05) is 6.08 Å². The van der Waals surface area contributed by atoms with Crippen molar-refractivity contribution in [3.8, 4) is 5.75 Å². The molecule has 4 rings (SSSR count). The van der Waals surface area contributed by atoms with Crippen molar-refractivity contribution in [3.05, 3.63) is 69.9 Å². The van der Waals surface area contributed by atoms with Gasteiger partial charge in [0, 0.05) is 16.6 Å². The standard InChI is InChI=1S/C24H21ClF3NO3/c25-23-18-12-16(6-8-20(18)29-21(23)9-10-22(30)31)32-13-14-5-7-17(15-3-1-2-4-15)19(11-14)24(26,27)28/h3,5-8,11-12,29H,1-2,4,9-10,13H2,(H,30,31). The molecule has 1 heterocycles. The van der Waals surface area contributed by atoms with E-state index in [9.17, 15) is 18.0 Å². The van der Waals surface area contributed by atoms with Gasteiger partial charge in [0.15, 0.2) is 0 Å². The molecule has 1 aliphatic rings. The number of aliphatic carboxylic acids is 1. The number of fused-ring (bicyclic) bond motifs is 1. The molecule has 0 amide bonds. The molecule has 0 unspecified atom stereocenters. The summed E-state index contributed by atoms with van der Waals surface area (Å²) >= 11 is 6.37. The Morgan fingerprint density at radius 1 is 1.19 bits per heavy atom. The summed E-state index contributed by atoms with van der Waals surface area (Å²) in [5, 5.41) is 9.95. The lowest BCUT2D eigenvalue weighted by molar-refractivity contribution is -0.138. The molecule has 0 atom stereocenters. The molecule has 2 N–H and O–H groups in total. The Bertz CT molecular complexity index is 1200. The average molecular weight is 464 g/mol. The summed E-state index contributed by atoms with van der Waals surface area (Å²) < 4.78 is 46.7. The number of carbonyl (C=O) groups is 1. The summed E-state index contributed by atoms with van der Waals surface area (Å²) in [6, 6.07) is 9.48. The monoisotopic (exact) mass is 463 g/mol. The summed E-state index contributed by atoms with van der Waals surface area (Å²) in [6.07, 6.45) is -0.0173. The zero-order valence-corrected chi connectivity index (χ0v) is 17.8. The highest BCUT2D eigenvalue weighted by atomic mass is 35.5. The predicted molar refractivity (Wildman–Crippen MR) is 117 cm³/mol. The smallest absolute Gasteiger partial charge is 0.417 e. The Hall–Kier alpha value is -2.93. The van der Waals surface area contributed by atoms with E-state index in [4.69, 9.17) is 21.4 Å². The molecule has 0 radical (unpaired) electrons. The summed E-state index contributed by atoms with van der Waals surface area (Å²) in [6.45, 7) is -0.0260. The average Bonchev–Trinajstić information content (AvgIpc) is 3.38. The van der Waals surface area contributed by atoms with Crippen LogP contribution < -0.4 is 4.74 Å². The molecule has 168 valence electrons. The first-order valence-electron chi connectivity index (χ1n) is 10.3. The van der Waals surface area contributed by atoms with E-state index in [2.05, 4.69) is 4.98 Å². The lowest BCUT2D eigenvalue weighted by atomic mass is 9.96. The highest BCUT2D eigenvalue weighted by Gasteiger charge is 2.34. The van der Waals surface area contributed by atoms with Crippen LogP contribution in [0.1, 0.15) is 48.1 Å². The predicted octanol–water partition coefficient (Wildman–Crippen LogP) is 7.00. The van der Waals surface area contributed by atoms with Crippen molar-refractivity contribution in [2.45, 2.75) is 44.9 Å². The van der Waals surface area contributed by atoms with E-state index in [1.165, 1.54) is 6.07 Å². The van der Waals surface area contributed by atoms with Crippen molar-refractivity contribution < 1.29 is 27.8 Å². The maximum absolute atomic E-state index is 13.7. The number of H-pyrrole nitrogens is 1. The number of hydrogen-bond acceptors (Lipinski definition) is 2. The number of halogens is 4. The van der Waals surface area contributed by atoms with Gasteiger partial charge in [0.2, 0.25) is 0 Å². The zero-order valence-electron chi connectivity index (χ0n) is 17.1. The Morgan fingerprint density at radius 2 is 2.00 bits per heavy atom. The van der Waals surface area contributed by atoms with Crippen LogP contribution in [0.2, 0.25) is 5.02 Å². The van der Waals surface area contributed by atoms with Gasteiger partial charge in [0.25, 0.3) is 0 Å². The van der Waals surface area contributed by atoms with Crippen LogP contribution in [0.25, 0.3) is 16.5 Å². The number of ether oxygens (including phenoxy) is 1. The molecule has 0 spiro atoms. The number of rotatable bonds is 7. The fraction of sp³-hybridized carbons (Fsp3) is 0.292. The Balaban J connectivity index is 1.54. The molecule has 0 aliphatic heterocycles. The van der Waals surface area contributed by atoms with Crippen LogP contribution in [0.15, 0.2) is 42.5 Å². The zero-order chi connectivity index (χ0) is 22.9. The van der Waals surface area contributed by atoms with Crippen molar-refractivity contribution in [3.63, 3.8) is 0 Å². The number of carboxylic acids is 1. The van der Waals surface area contributed by atoms with Crippen LogP contribution in [0.5, 0.6) is 5.75 Å². The first kappa shape index (κ1) is 22.3. The largest absolute Gasteiger partial charge is 0.489 e. The normalized spacial score (nSPS) is 14.1. The van der Waals surface area contributed by atoms with Crippen LogP contribution in [0.3, 0.4) is 0 Å². The summed E-state index contributed by atoms with van der Waals surface area (Å²) in [5.74, 6) is -0.462. The third kappa shape index (κ3) is 4.78. The fourth-order valence-electron chi connectivity index (χ4n) is 3.97. The summed E-state index contributed by atoms with van der Waals surface area (Å²) in [4.78, 5) is 13.9. The topological polar surface area (TPSA) is 62.3 Å². The second-order valence-corrected chi connectivity index (χ2v) is 8.18. The number of aromatic amines is 1. The molecular formula is C24H21ClF3NO3. The molecule has 0 fully saturated rings. The molecule has 8 heteroatoms. The van der Waals surface area contributed by atoms with E-state index in [0.717, 1.165) is 30.0 Å². The van der Waals surface area contributed by atoms with Gasteiger partial charge in [0.1, 0.15) is 12.4 Å². The molecule has 3 aromatic rings. The van der Waals surface area contributed by atoms with Gasteiger partial charge in [-0.15, -0.1) is 0 Å². The lowest BCUT2D eigenvalue weighted by Crippen LogP contribution is -2.10. The van der Waals surface area contributed by atoms with Gasteiger partial charge in [-0.3, -0.25) is 4.79 Å². The number of aromatic nitrogens is 1. The van der Waals surface area contributed by atoms with Gasteiger partial charge >= 0.3 is 12.1 Å². The van der Waals surface area contributed by atoms with Crippen LogP contribution in [0.4, 0.5) is 13.2 Å². The van der Waals surface area contributed by atoms with Crippen molar-refractivity contribution in [1.29, 1.82) is 0 Å². The maximum Gasteiger partial charge on any atom is 0.417 e. The van der Waals surface area contributed by atoms with E-state index in [1.54, 1.807) is 24.3 Å². The minimum Gasteiger partial charge on any atom is -0.489 e. The lowest BCUT2D eigenvalue weighted by Gasteiger charge is -2.16. The first-order chi connectivity index (χ1) is 15.2. The second kappa shape index (κ2) is 8.90. The number of hydrogen-bond donors (Lipinski definition) is 2. The Labute approximate surface area is 187 Å². The SMILES string of the molecule is O=C(O)CCc1[nH]c2ccc(OCc3ccc(C4=CCCC4)c(C(F)(F)F)c3)cc2c1Cl. The van der Waals surface area contributed by atoms with Gasteiger partial charge in [-0.05, 0) is 66.6 Å². The van der Waals surface area contributed by atoms with Crippen LogP contribution in [0, 0.1) is 0 Å². The van der Waals surface area contributed by atoms with Crippen LogP contribution >= 0.6 is 11.6 Å². The van der Waals surface area contributed by atoms with Crippen molar-refractivity contribution in [2.75, 3.05) is 0 Å². The van der Waals surface area contributed by atoms with Gasteiger partial charge in [0.05, 0.1) is 17.0 Å². The number of alkyl halides is 3. The highest BCUT2D eigenvalue weighted by molar-refractivity contribution is 6.36. The van der Waals surface area contributed by atoms with Gasteiger partial charge in [-0.1, -0.05) is 29.8 Å². The summed E-state index contributed by atoms with van der Waals surface area (Å²) in [7, 11) is 0. The van der Waals surface area contributed by atoms with Crippen molar-refractivity contribution >= 4 is 34.0 Å². The Morgan fingerprint density at radius 3 is 2.69 bits per heavy atom. The molecule has 1 aliphatic carbocycles. The fourth-order valence-corrected chi connectivity index (χ4v) is 4.26. The first-order valence-corrected chi connectivity index (χ1v) is 10.6. The minimum atomic E-state index is -4.45. The molecule has 1 aromatic heterocycles. The van der Waals surface area contributed by atoms with Crippen LogP contribution in [-0.4, -0.2) is 16.1 Å². The maximum atomic E-state index is 13.7. The van der Waals surface area contributed by atoms with E-state index < -0.39 is 17.7 Å². The van der Waals surface area contributed by atoms with E-state index >= 15 is 0 Å². The summed E-state index contributed by atoms with van der Waals surface area (Å²) in [5.41, 5.74) is 2.12. The number of aryl methyl sites for hydroxylation is 1. The Kier molecular flexibility index (Phi) is 6.20. The molecule has 2 aromatic carbocycles. The highest BCUT2D eigenvalue weighted by Crippen LogP contribution is 2.39.